The summed E-state index contributed by atoms with van der Waals surface area (Å²) in [7, 11) is 0. The highest BCUT2D eigenvalue weighted by Crippen LogP contribution is 2.16. The maximum absolute atomic E-state index is 10.9. The van der Waals surface area contributed by atoms with E-state index in [4.69, 9.17) is 10.4 Å². The highest BCUT2D eigenvalue weighted by molar-refractivity contribution is 5.72. The summed E-state index contributed by atoms with van der Waals surface area (Å²) in [6.45, 7) is 3.60. The molecule has 14 heavy (non-hydrogen) atoms. The Kier molecular flexibility index (Phi) is 2.87. The predicted molar refractivity (Wildman–Crippen MR) is 48.5 cm³/mol. The first-order chi connectivity index (χ1) is 6.56. The van der Waals surface area contributed by atoms with Crippen molar-refractivity contribution in [2.45, 2.75) is 19.9 Å². The van der Waals surface area contributed by atoms with E-state index in [0.29, 0.717) is 0 Å². The van der Waals surface area contributed by atoms with Gasteiger partial charge in [0, 0.05) is 6.20 Å². The van der Waals surface area contributed by atoms with Gasteiger partial charge >= 0.3 is 5.97 Å². The van der Waals surface area contributed by atoms with E-state index in [1.54, 1.807) is 13.8 Å². The maximum Gasteiger partial charge on any atom is 0.328 e. The number of carboxylic acid groups (broad SMARTS) is 1. The van der Waals surface area contributed by atoms with Gasteiger partial charge in [-0.25, -0.2) is 4.79 Å². The number of carboxylic acids is 1. The van der Waals surface area contributed by atoms with Gasteiger partial charge in [0.1, 0.15) is 6.07 Å². The van der Waals surface area contributed by atoms with Gasteiger partial charge in [-0.3, -0.25) is 4.68 Å². The molecule has 1 atom stereocenters. The van der Waals surface area contributed by atoms with Crippen molar-refractivity contribution < 1.29 is 9.90 Å². The summed E-state index contributed by atoms with van der Waals surface area (Å²) < 4.78 is 1.31. The molecule has 0 saturated heterocycles. The number of rotatable bonds is 3. The minimum absolute atomic E-state index is 0.0704. The van der Waals surface area contributed by atoms with Crippen molar-refractivity contribution in [3.05, 3.63) is 18.0 Å². The van der Waals surface area contributed by atoms with Crippen LogP contribution in [-0.2, 0) is 4.79 Å². The largest absolute Gasteiger partial charge is 0.480 e. The normalized spacial score (nSPS) is 12.4. The second-order valence-corrected chi connectivity index (χ2v) is 3.32. The Morgan fingerprint density at radius 2 is 2.36 bits per heavy atom. The molecule has 0 spiro atoms. The number of nitrogens with zero attached hydrogens (tertiary/aromatic N) is 3. The van der Waals surface area contributed by atoms with E-state index in [9.17, 15) is 4.79 Å². The number of hydrogen-bond donors (Lipinski definition) is 1. The molecule has 0 aliphatic rings. The first-order valence-corrected chi connectivity index (χ1v) is 4.24. The Labute approximate surface area is 81.6 Å². The average molecular weight is 193 g/mol. The molecule has 1 heterocycles. The van der Waals surface area contributed by atoms with E-state index >= 15 is 0 Å². The molecule has 1 N–H and O–H groups in total. The summed E-state index contributed by atoms with van der Waals surface area (Å²) in [5.74, 6) is -1.01. The fraction of sp³-hybridized carbons (Fsp3) is 0.444. The van der Waals surface area contributed by atoms with Gasteiger partial charge in [-0.2, -0.15) is 10.4 Å². The summed E-state index contributed by atoms with van der Waals surface area (Å²) in [6, 6.07) is 2.64. The summed E-state index contributed by atoms with van der Waals surface area (Å²) >= 11 is 0. The van der Waals surface area contributed by atoms with Crippen molar-refractivity contribution in [2.24, 2.45) is 5.92 Å². The van der Waals surface area contributed by atoms with E-state index < -0.39 is 12.0 Å². The lowest BCUT2D eigenvalue weighted by Gasteiger charge is -2.15. The lowest BCUT2D eigenvalue weighted by Crippen LogP contribution is -2.24. The van der Waals surface area contributed by atoms with Crippen LogP contribution in [0.5, 0.6) is 0 Å². The Morgan fingerprint density at radius 1 is 1.71 bits per heavy atom. The maximum atomic E-state index is 10.9. The van der Waals surface area contributed by atoms with Crippen LogP contribution in [0.4, 0.5) is 0 Å². The Morgan fingerprint density at radius 3 is 2.71 bits per heavy atom. The van der Waals surface area contributed by atoms with Gasteiger partial charge in [0.2, 0.25) is 0 Å². The van der Waals surface area contributed by atoms with Crippen LogP contribution in [0.3, 0.4) is 0 Å². The minimum atomic E-state index is -0.937. The number of aliphatic carboxylic acids is 1. The van der Waals surface area contributed by atoms with Gasteiger partial charge in [0.25, 0.3) is 0 Å². The van der Waals surface area contributed by atoms with Gasteiger partial charge < -0.3 is 5.11 Å². The zero-order valence-corrected chi connectivity index (χ0v) is 8.01. The zero-order valence-electron chi connectivity index (χ0n) is 8.01. The van der Waals surface area contributed by atoms with E-state index in [1.807, 2.05) is 6.07 Å². The second-order valence-electron chi connectivity index (χ2n) is 3.32. The molecule has 1 unspecified atom stereocenters. The molecule has 74 valence electrons. The SMILES string of the molecule is CC(C)C(C(=O)O)n1ccc(C#N)n1. The molecule has 0 amide bonds. The van der Waals surface area contributed by atoms with Crippen LogP contribution in [-0.4, -0.2) is 20.9 Å². The summed E-state index contributed by atoms with van der Waals surface area (Å²) in [5, 5.41) is 21.3. The van der Waals surface area contributed by atoms with Gasteiger partial charge in [0.15, 0.2) is 11.7 Å². The molecule has 0 aliphatic carbocycles. The third kappa shape index (κ3) is 1.91. The van der Waals surface area contributed by atoms with Crippen molar-refractivity contribution in [1.82, 2.24) is 9.78 Å². The van der Waals surface area contributed by atoms with Crippen LogP contribution >= 0.6 is 0 Å². The number of nitriles is 1. The molecule has 1 rings (SSSR count). The molecular formula is C9H11N3O2. The first-order valence-electron chi connectivity index (χ1n) is 4.24. The van der Waals surface area contributed by atoms with E-state index in [0.717, 1.165) is 0 Å². The van der Waals surface area contributed by atoms with Gasteiger partial charge in [0.05, 0.1) is 0 Å². The van der Waals surface area contributed by atoms with Crippen LogP contribution < -0.4 is 0 Å². The fourth-order valence-corrected chi connectivity index (χ4v) is 1.26. The van der Waals surface area contributed by atoms with E-state index in [2.05, 4.69) is 5.10 Å². The quantitative estimate of drug-likeness (QED) is 0.777. The van der Waals surface area contributed by atoms with E-state index in [-0.39, 0.29) is 11.6 Å². The van der Waals surface area contributed by atoms with Crippen molar-refractivity contribution in [3.8, 4) is 6.07 Å². The highest BCUT2D eigenvalue weighted by atomic mass is 16.4. The summed E-state index contributed by atoms with van der Waals surface area (Å²) in [4.78, 5) is 10.9. The molecule has 0 aliphatic heterocycles. The highest BCUT2D eigenvalue weighted by Gasteiger charge is 2.24. The Balaban J connectivity index is 3.01. The monoisotopic (exact) mass is 193 g/mol. The molecule has 0 fully saturated rings. The summed E-state index contributed by atoms with van der Waals surface area (Å²) in [6.07, 6.45) is 1.51. The molecule has 0 bridgehead atoms. The standard InChI is InChI=1S/C9H11N3O2/c1-6(2)8(9(13)14)12-4-3-7(5-10)11-12/h3-4,6,8H,1-2H3,(H,13,14). The molecule has 5 nitrogen and oxygen atoms in total. The number of hydrogen-bond acceptors (Lipinski definition) is 3. The van der Waals surface area contributed by atoms with Gasteiger partial charge in [-0.1, -0.05) is 13.8 Å². The van der Waals surface area contributed by atoms with Crippen molar-refractivity contribution in [3.63, 3.8) is 0 Å². The van der Waals surface area contributed by atoms with Crippen molar-refractivity contribution >= 4 is 5.97 Å². The number of carbonyl (C=O) groups is 1. The van der Waals surface area contributed by atoms with E-state index in [1.165, 1.54) is 16.9 Å². The zero-order chi connectivity index (χ0) is 10.7. The third-order valence-corrected chi connectivity index (χ3v) is 1.89. The lowest BCUT2D eigenvalue weighted by atomic mass is 10.1. The van der Waals surface area contributed by atoms with Crippen molar-refractivity contribution in [1.29, 1.82) is 5.26 Å². The van der Waals surface area contributed by atoms with Crippen LogP contribution in [0.2, 0.25) is 0 Å². The van der Waals surface area contributed by atoms with Crippen molar-refractivity contribution in [2.75, 3.05) is 0 Å². The predicted octanol–water partition coefficient (Wildman–Crippen LogP) is 1.04. The van der Waals surface area contributed by atoms with Crippen LogP contribution in [0, 0.1) is 17.2 Å². The molecule has 1 aromatic rings. The minimum Gasteiger partial charge on any atom is -0.480 e. The second kappa shape index (κ2) is 3.92. The summed E-state index contributed by atoms with van der Waals surface area (Å²) in [5.41, 5.74) is 0.233. The smallest absolute Gasteiger partial charge is 0.328 e. The Hall–Kier alpha value is -1.83. The topological polar surface area (TPSA) is 78.9 Å². The Bertz CT molecular complexity index is 376. The molecule has 0 saturated carbocycles. The van der Waals surface area contributed by atoms with Crippen LogP contribution in [0.15, 0.2) is 12.3 Å². The number of aromatic nitrogens is 2. The average Bonchev–Trinajstić information content (AvgIpc) is 2.51. The first kappa shape index (κ1) is 10.3. The van der Waals surface area contributed by atoms with Gasteiger partial charge in [-0.05, 0) is 12.0 Å². The van der Waals surface area contributed by atoms with Crippen LogP contribution in [0.25, 0.3) is 0 Å². The molecule has 0 aromatic carbocycles. The van der Waals surface area contributed by atoms with Crippen LogP contribution in [0.1, 0.15) is 25.6 Å². The van der Waals surface area contributed by atoms with Gasteiger partial charge in [-0.15, -0.1) is 0 Å². The third-order valence-electron chi connectivity index (χ3n) is 1.89. The molecule has 1 aromatic heterocycles. The molecule has 5 heteroatoms. The molecular weight excluding hydrogens is 182 g/mol. The molecule has 0 radical (unpaired) electrons. The fourth-order valence-electron chi connectivity index (χ4n) is 1.26. The lowest BCUT2D eigenvalue weighted by molar-refractivity contribution is -0.142.